The predicted octanol–water partition coefficient (Wildman–Crippen LogP) is 2.97. The molecule has 0 aliphatic carbocycles. The molecular weight excluding hydrogens is 300 g/mol. The first-order valence-corrected chi connectivity index (χ1v) is 8.56. The van der Waals surface area contributed by atoms with Crippen molar-refractivity contribution in [3.8, 4) is 5.75 Å². The smallest absolute Gasteiger partial charge is 0.229 e. The molecule has 0 unspecified atom stereocenters. The van der Waals surface area contributed by atoms with Crippen LogP contribution in [0.3, 0.4) is 0 Å². The van der Waals surface area contributed by atoms with Crippen molar-refractivity contribution in [2.24, 2.45) is 0 Å². The summed E-state index contributed by atoms with van der Waals surface area (Å²) >= 11 is 0. The van der Waals surface area contributed by atoms with E-state index in [1.54, 1.807) is 0 Å². The van der Waals surface area contributed by atoms with Gasteiger partial charge in [-0.2, -0.15) is 0 Å². The zero-order valence-electron chi connectivity index (χ0n) is 13.9. The van der Waals surface area contributed by atoms with E-state index in [1.165, 1.54) is 16.7 Å². The third-order valence-electron chi connectivity index (χ3n) is 4.80. The highest BCUT2D eigenvalue weighted by molar-refractivity contribution is 6.00. The minimum atomic E-state index is 0.0571. The van der Waals surface area contributed by atoms with E-state index in [9.17, 15) is 4.79 Å². The van der Waals surface area contributed by atoms with Gasteiger partial charge in [-0.1, -0.05) is 35.9 Å². The first-order chi connectivity index (χ1) is 11.7. The Balaban J connectivity index is 1.39. The monoisotopic (exact) mass is 322 g/mol. The van der Waals surface area contributed by atoms with E-state index in [0.717, 1.165) is 42.9 Å². The maximum atomic E-state index is 11.6. The predicted molar refractivity (Wildman–Crippen MR) is 94.4 cm³/mol. The summed E-state index contributed by atoms with van der Waals surface area (Å²) in [6, 6.07) is 12.7. The van der Waals surface area contributed by atoms with E-state index in [4.69, 9.17) is 4.74 Å². The van der Waals surface area contributed by atoms with E-state index in [1.807, 2.05) is 6.07 Å². The zero-order chi connectivity index (χ0) is 16.5. The van der Waals surface area contributed by atoms with Crippen LogP contribution in [-0.4, -0.2) is 18.6 Å². The van der Waals surface area contributed by atoms with Crippen LogP contribution in [0.15, 0.2) is 36.4 Å². The van der Waals surface area contributed by atoms with Gasteiger partial charge in [-0.15, -0.1) is 0 Å². The normalized spacial score (nSPS) is 18.5. The molecule has 4 heteroatoms. The lowest BCUT2D eigenvalue weighted by Crippen LogP contribution is -2.34. The summed E-state index contributed by atoms with van der Waals surface area (Å²) in [5.41, 5.74) is 5.73. The van der Waals surface area contributed by atoms with Gasteiger partial charge in [-0.3, -0.25) is 4.79 Å². The number of amides is 1. The Kier molecular flexibility index (Phi) is 3.98. The summed E-state index contributed by atoms with van der Waals surface area (Å²) in [5.74, 6) is 0.987. The number of nitrogens with one attached hydrogen (secondary N) is 2. The lowest BCUT2D eigenvalue weighted by molar-refractivity contribution is -0.115. The molecule has 2 aliphatic rings. The number of benzene rings is 2. The number of aryl methyl sites for hydroxylation is 2. The van der Waals surface area contributed by atoms with Crippen molar-refractivity contribution < 1.29 is 9.53 Å². The molecular formula is C20H22N2O2. The van der Waals surface area contributed by atoms with E-state index < -0.39 is 0 Å². The number of carbonyl (C=O) groups is 1. The fourth-order valence-corrected chi connectivity index (χ4v) is 3.44. The number of carbonyl (C=O) groups excluding carboxylic acids is 1. The zero-order valence-corrected chi connectivity index (χ0v) is 13.9. The second-order valence-electron chi connectivity index (χ2n) is 6.70. The molecule has 24 heavy (non-hydrogen) atoms. The molecule has 0 saturated carbocycles. The Morgan fingerprint density at radius 1 is 1.21 bits per heavy atom. The highest BCUT2D eigenvalue weighted by Gasteiger charge is 2.28. The summed E-state index contributed by atoms with van der Waals surface area (Å²) in [6.07, 6.45) is 2.61. The van der Waals surface area contributed by atoms with Crippen LogP contribution in [0.1, 0.15) is 28.7 Å². The molecule has 0 bridgehead atoms. The van der Waals surface area contributed by atoms with Gasteiger partial charge < -0.3 is 15.4 Å². The molecule has 2 N–H and O–H groups in total. The average molecular weight is 322 g/mol. The van der Waals surface area contributed by atoms with E-state index in [0.29, 0.717) is 6.42 Å². The standard InChI is InChI=1S/C20H22N2O2/c1-13-2-4-14(5-3-13)11-21-12-16-8-6-15-7-9-18-17(20(15)24-16)10-19(23)22-18/h2-5,7,9,16,21H,6,8,10-12H2,1H3,(H,22,23)/t16-/m1/s1. The number of rotatable bonds is 4. The Morgan fingerprint density at radius 3 is 2.88 bits per heavy atom. The lowest BCUT2D eigenvalue weighted by atomic mass is 9.97. The van der Waals surface area contributed by atoms with Crippen molar-refractivity contribution in [2.45, 2.75) is 38.8 Å². The fraction of sp³-hybridized carbons (Fsp3) is 0.350. The van der Waals surface area contributed by atoms with Gasteiger partial charge in [0.25, 0.3) is 0 Å². The Morgan fingerprint density at radius 2 is 2.04 bits per heavy atom. The van der Waals surface area contributed by atoms with Gasteiger partial charge >= 0.3 is 0 Å². The SMILES string of the molecule is Cc1ccc(CNC[C@H]2CCc3ccc4c(c3O2)CC(=O)N4)cc1. The number of fused-ring (bicyclic) bond motifs is 3. The third-order valence-corrected chi connectivity index (χ3v) is 4.80. The van der Waals surface area contributed by atoms with Gasteiger partial charge in [0.1, 0.15) is 11.9 Å². The average Bonchev–Trinajstić information content (AvgIpc) is 2.97. The van der Waals surface area contributed by atoms with Gasteiger partial charge in [0.05, 0.1) is 6.42 Å². The van der Waals surface area contributed by atoms with E-state index >= 15 is 0 Å². The molecule has 2 aliphatic heterocycles. The fourth-order valence-electron chi connectivity index (χ4n) is 3.44. The van der Waals surface area contributed by atoms with Gasteiger partial charge in [-0.25, -0.2) is 0 Å². The Bertz CT molecular complexity index is 768. The molecule has 0 spiro atoms. The minimum Gasteiger partial charge on any atom is -0.488 e. The molecule has 2 aromatic carbocycles. The number of hydrogen-bond acceptors (Lipinski definition) is 3. The number of ether oxygens (including phenoxy) is 1. The second-order valence-corrected chi connectivity index (χ2v) is 6.70. The van der Waals surface area contributed by atoms with Crippen LogP contribution in [0.4, 0.5) is 5.69 Å². The molecule has 1 atom stereocenters. The minimum absolute atomic E-state index is 0.0571. The molecule has 124 valence electrons. The molecule has 2 aromatic rings. The van der Waals surface area contributed by atoms with Crippen LogP contribution in [0.5, 0.6) is 5.75 Å². The third kappa shape index (κ3) is 3.02. The van der Waals surface area contributed by atoms with Crippen molar-refractivity contribution in [2.75, 3.05) is 11.9 Å². The number of anilines is 1. The van der Waals surface area contributed by atoms with Crippen molar-refractivity contribution in [1.82, 2.24) is 5.32 Å². The van der Waals surface area contributed by atoms with E-state index in [2.05, 4.69) is 47.9 Å². The van der Waals surface area contributed by atoms with Crippen LogP contribution < -0.4 is 15.4 Å². The molecule has 4 nitrogen and oxygen atoms in total. The first-order valence-electron chi connectivity index (χ1n) is 8.56. The second kappa shape index (κ2) is 6.29. The highest BCUT2D eigenvalue weighted by Crippen LogP contribution is 2.38. The van der Waals surface area contributed by atoms with Crippen LogP contribution in [0.25, 0.3) is 0 Å². The molecule has 1 amide bonds. The highest BCUT2D eigenvalue weighted by atomic mass is 16.5. The lowest BCUT2D eigenvalue weighted by Gasteiger charge is -2.28. The summed E-state index contributed by atoms with van der Waals surface area (Å²) < 4.78 is 6.23. The van der Waals surface area contributed by atoms with Gasteiger partial charge in [-0.05, 0) is 37.0 Å². The summed E-state index contributed by atoms with van der Waals surface area (Å²) in [4.78, 5) is 11.6. The topological polar surface area (TPSA) is 50.4 Å². The van der Waals surface area contributed by atoms with Crippen molar-refractivity contribution in [3.05, 3.63) is 58.7 Å². The molecule has 0 aromatic heterocycles. The van der Waals surface area contributed by atoms with Crippen molar-refractivity contribution in [1.29, 1.82) is 0 Å². The van der Waals surface area contributed by atoms with Crippen LogP contribution in [0.2, 0.25) is 0 Å². The van der Waals surface area contributed by atoms with Crippen LogP contribution in [0, 0.1) is 6.92 Å². The molecule has 0 radical (unpaired) electrons. The van der Waals surface area contributed by atoms with Crippen molar-refractivity contribution >= 4 is 11.6 Å². The Hall–Kier alpha value is -2.33. The van der Waals surface area contributed by atoms with Crippen LogP contribution >= 0.6 is 0 Å². The number of hydrogen-bond donors (Lipinski definition) is 2. The van der Waals surface area contributed by atoms with Gasteiger partial charge in [0.2, 0.25) is 5.91 Å². The molecule has 0 fully saturated rings. The Labute approximate surface area is 142 Å². The van der Waals surface area contributed by atoms with Gasteiger partial charge in [0, 0.05) is 24.3 Å². The van der Waals surface area contributed by atoms with Gasteiger partial charge in [0.15, 0.2) is 0 Å². The summed E-state index contributed by atoms with van der Waals surface area (Å²) in [6.45, 7) is 3.76. The van der Waals surface area contributed by atoms with Crippen molar-refractivity contribution in [3.63, 3.8) is 0 Å². The van der Waals surface area contributed by atoms with E-state index in [-0.39, 0.29) is 12.0 Å². The maximum Gasteiger partial charge on any atom is 0.229 e. The first kappa shape index (κ1) is 15.2. The largest absolute Gasteiger partial charge is 0.488 e. The molecule has 4 rings (SSSR count). The summed E-state index contributed by atoms with van der Waals surface area (Å²) in [5, 5.41) is 6.39. The molecule has 2 heterocycles. The maximum absolute atomic E-state index is 11.6. The van der Waals surface area contributed by atoms with Crippen LogP contribution in [-0.2, 0) is 24.2 Å². The summed E-state index contributed by atoms with van der Waals surface area (Å²) in [7, 11) is 0. The molecule has 0 saturated heterocycles. The quantitative estimate of drug-likeness (QED) is 0.910.